The van der Waals surface area contributed by atoms with Crippen LogP contribution in [-0.4, -0.2) is 13.2 Å². The number of nitrogens with one attached hydrogen (secondary N) is 1. The molecule has 1 aliphatic rings. The molecule has 1 heterocycles. The van der Waals surface area contributed by atoms with Crippen LogP contribution in [0.1, 0.15) is 18.5 Å². The second-order valence-corrected chi connectivity index (χ2v) is 5.09. The van der Waals surface area contributed by atoms with Gasteiger partial charge in [-0.15, -0.1) is 0 Å². The minimum Gasteiger partial charge on any atom is -0.494 e. The zero-order chi connectivity index (χ0) is 13.9. The van der Waals surface area contributed by atoms with Crippen LogP contribution in [0.5, 0.6) is 11.5 Å². The lowest BCUT2D eigenvalue weighted by Crippen LogP contribution is -2.23. The summed E-state index contributed by atoms with van der Waals surface area (Å²) in [4.78, 5) is 0. The Labute approximate surface area is 123 Å². The lowest BCUT2D eigenvalue weighted by Gasteiger charge is -2.28. The summed E-state index contributed by atoms with van der Waals surface area (Å²) in [5, 5.41) is 4.16. The van der Waals surface area contributed by atoms with Crippen molar-refractivity contribution in [3.8, 4) is 11.5 Å². The quantitative estimate of drug-likeness (QED) is 0.914. The van der Waals surface area contributed by atoms with Crippen LogP contribution < -0.4 is 14.8 Å². The number of halogens is 1. The summed E-state index contributed by atoms with van der Waals surface area (Å²) in [6.45, 7) is 3.25. The van der Waals surface area contributed by atoms with Crippen molar-refractivity contribution < 1.29 is 9.47 Å². The molecule has 3 nitrogen and oxygen atoms in total. The van der Waals surface area contributed by atoms with Crippen LogP contribution in [0.2, 0.25) is 5.02 Å². The molecule has 0 radical (unpaired) electrons. The molecule has 20 heavy (non-hydrogen) atoms. The molecule has 3 rings (SSSR count). The van der Waals surface area contributed by atoms with Crippen molar-refractivity contribution in [2.45, 2.75) is 13.0 Å². The van der Waals surface area contributed by atoms with E-state index in [0.717, 1.165) is 17.2 Å². The van der Waals surface area contributed by atoms with E-state index < -0.39 is 0 Å². The number of ether oxygens (including phenoxy) is 2. The lowest BCUT2D eigenvalue weighted by molar-refractivity contribution is 0.286. The maximum atomic E-state index is 6.01. The fraction of sp³-hybridized carbons (Fsp3) is 0.250. The highest BCUT2D eigenvalue weighted by atomic mass is 35.5. The molecule has 1 atom stereocenters. The summed E-state index contributed by atoms with van der Waals surface area (Å²) in [5.74, 6) is 1.73. The van der Waals surface area contributed by atoms with E-state index in [2.05, 4.69) is 17.4 Å². The van der Waals surface area contributed by atoms with Crippen LogP contribution in [-0.2, 0) is 0 Å². The van der Waals surface area contributed by atoms with Crippen molar-refractivity contribution in [1.29, 1.82) is 0 Å². The van der Waals surface area contributed by atoms with E-state index in [4.69, 9.17) is 21.1 Å². The van der Waals surface area contributed by atoms with E-state index in [9.17, 15) is 0 Å². The number of hydrogen-bond donors (Lipinski definition) is 1. The van der Waals surface area contributed by atoms with Gasteiger partial charge in [0.1, 0.15) is 18.1 Å². The Morgan fingerprint density at radius 1 is 1.25 bits per heavy atom. The molecule has 104 valence electrons. The Kier molecular flexibility index (Phi) is 3.70. The van der Waals surface area contributed by atoms with E-state index in [1.807, 2.05) is 37.3 Å². The molecule has 2 aromatic carbocycles. The van der Waals surface area contributed by atoms with Gasteiger partial charge in [-0.25, -0.2) is 0 Å². The summed E-state index contributed by atoms with van der Waals surface area (Å²) in [7, 11) is 0. The van der Waals surface area contributed by atoms with Gasteiger partial charge in [0.15, 0.2) is 0 Å². The second-order valence-electron chi connectivity index (χ2n) is 4.65. The summed E-state index contributed by atoms with van der Waals surface area (Å²) < 4.78 is 11.2. The van der Waals surface area contributed by atoms with Crippen LogP contribution >= 0.6 is 11.6 Å². The third-order valence-electron chi connectivity index (χ3n) is 3.27. The van der Waals surface area contributed by atoms with E-state index >= 15 is 0 Å². The predicted molar refractivity (Wildman–Crippen MR) is 80.9 cm³/mol. The van der Waals surface area contributed by atoms with E-state index in [-0.39, 0.29) is 6.04 Å². The van der Waals surface area contributed by atoms with Gasteiger partial charge in [-0.2, -0.15) is 0 Å². The van der Waals surface area contributed by atoms with Crippen LogP contribution in [0, 0.1) is 0 Å². The Balaban J connectivity index is 1.79. The summed E-state index contributed by atoms with van der Waals surface area (Å²) in [5.41, 5.74) is 2.10. The molecule has 0 fully saturated rings. The SMILES string of the molecule is CCOc1ccc([C@@H]2COc3ccc(Cl)cc3N2)cc1. The minimum atomic E-state index is 0.122. The van der Waals surface area contributed by atoms with Crippen molar-refractivity contribution in [3.05, 3.63) is 53.1 Å². The van der Waals surface area contributed by atoms with Crippen LogP contribution in [0.25, 0.3) is 0 Å². The molecule has 0 amide bonds. The van der Waals surface area contributed by atoms with Gasteiger partial charge in [0.25, 0.3) is 0 Å². The first-order chi connectivity index (χ1) is 9.76. The van der Waals surface area contributed by atoms with Crippen LogP contribution in [0.4, 0.5) is 5.69 Å². The number of rotatable bonds is 3. The molecule has 2 aromatic rings. The highest BCUT2D eigenvalue weighted by Gasteiger charge is 2.20. The zero-order valence-electron chi connectivity index (χ0n) is 11.2. The average Bonchev–Trinajstić information content (AvgIpc) is 2.47. The molecule has 0 spiro atoms. The average molecular weight is 290 g/mol. The van der Waals surface area contributed by atoms with Gasteiger partial charge in [-0.05, 0) is 42.8 Å². The number of fused-ring (bicyclic) bond motifs is 1. The first-order valence-corrected chi connectivity index (χ1v) is 7.05. The Morgan fingerprint density at radius 2 is 2.05 bits per heavy atom. The van der Waals surface area contributed by atoms with Crippen LogP contribution in [0.15, 0.2) is 42.5 Å². The predicted octanol–water partition coefficient (Wildman–Crippen LogP) is 4.28. The normalized spacial score (nSPS) is 16.8. The van der Waals surface area contributed by atoms with Crippen molar-refractivity contribution in [1.82, 2.24) is 0 Å². The Morgan fingerprint density at radius 3 is 2.80 bits per heavy atom. The first-order valence-electron chi connectivity index (χ1n) is 6.68. The fourth-order valence-corrected chi connectivity index (χ4v) is 2.46. The second kappa shape index (κ2) is 5.63. The van der Waals surface area contributed by atoms with E-state index in [0.29, 0.717) is 18.2 Å². The van der Waals surface area contributed by atoms with Gasteiger partial charge in [0.05, 0.1) is 18.3 Å². The molecular weight excluding hydrogens is 274 g/mol. The number of anilines is 1. The van der Waals surface area contributed by atoms with Gasteiger partial charge >= 0.3 is 0 Å². The molecular formula is C16H16ClNO2. The van der Waals surface area contributed by atoms with Gasteiger partial charge in [-0.3, -0.25) is 0 Å². The van der Waals surface area contributed by atoms with Gasteiger partial charge in [0, 0.05) is 5.02 Å². The van der Waals surface area contributed by atoms with E-state index in [1.165, 1.54) is 5.56 Å². The molecule has 0 aromatic heterocycles. The molecule has 1 aliphatic heterocycles. The molecule has 0 saturated heterocycles. The molecule has 0 unspecified atom stereocenters. The van der Waals surface area contributed by atoms with Gasteiger partial charge in [-0.1, -0.05) is 23.7 Å². The van der Waals surface area contributed by atoms with Crippen molar-refractivity contribution in [2.75, 3.05) is 18.5 Å². The van der Waals surface area contributed by atoms with Gasteiger partial charge in [0.2, 0.25) is 0 Å². The van der Waals surface area contributed by atoms with Crippen molar-refractivity contribution in [2.24, 2.45) is 0 Å². The van der Waals surface area contributed by atoms with Crippen molar-refractivity contribution >= 4 is 17.3 Å². The maximum absolute atomic E-state index is 6.01. The van der Waals surface area contributed by atoms with E-state index in [1.54, 1.807) is 0 Å². The molecule has 0 aliphatic carbocycles. The molecule has 0 bridgehead atoms. The summed E-state index contributed by atoms with van der Waals surface area (Å²) >= 11 is 6.01. The third kappa shape index (κ3) is 2.68. The standard InChI is InChI=1S/C16H16ClNO2/c1-2-19-13-6-3-11(4-7-13)15-10-20-16-8-5-12(17)9-14(16)18-15/h3-9,15,18H,2,10H2,1H3/t15-/m0/s1. The minimum absolute atomic E-state index is 0.122. The highest BCUT2D eigenvalue weighted by molar-refractivity contribution is 6.30. The summed E-state index contributed by atoms with van der Waals surface area (Å²) in [6, 6.07) is 13.8. The molecule has 0 saturated carbocycles. The monoisotopic (exact) mass is 289 g/mol. The smallest absolute Gasteiger partial charge is 0.142 e. The number of hydrogen-bond acceptors (Lipinski definition) is 3. The zero-order valence-corrected chi connectivity index (χ0v) is 12.0. The third-order valence-corrected chi connectivity index (χ3v) is 3.51. The summed E-state index contributed by atoms with van der Waals surface area (Å²) in [6.07, 6.45) is 0. The number of benzene rings is 2. The lowest BCUT2D eigenvalue weighted by atomic mass is 10.1. The van der Waals surface area contributed by atoms with Crippen LogP contribution in [0.3, 0.4) is 0 Å². The topological polar surface area (TPSA) is 30.5 Å². The van der Waals surface area contributed by atoms with Crippen molar-refractivity contribution in [3.63, 3.8) is 0 Å². The Hall–Kier alpha value is -1.87. The Bertz CT molecular complexity index is 598. The molecule has 4 heteroatoms. The first kappa shape index (κ1) is 13.1. The van der Waals surface area contributed by atoms with Gasteiger partial charge < -0.3 is 14.8 Å². The largest absolute Gasteiger partial charge is 0.494 e. The molecule has 1 N–H and O–H groups in total. The fourth-order valence-electron chi connectivity index (χ4n) is 2.29. The highest BCUT2D eigenvalue weighted by Crippen LogP contribution is 2.35. The maximum Gasteiger partial charge on any atom is 0.142 e.